The Balaban J connectivity index is 2.38. The van der Waals surface area contributed by atoms with E-state index in [0.717, 1.165) is 33.9 Å². The minimum absolute atomic E-state index is 0.0857. The van der Waals surface area contributed by atoms with Gasteiger partial charge in [-0.1, -0.05) is 0 Å². The van der Waals surface area contributed by atoms with Crippen molar-refractivity contribution in [2.24, 2.45) is 0 Å². The Morgan fingerprint density at radius 1 is 1.35 bits per heavy atom. The SMILES string of the molecule is CCN(CC)C(=O)c1ccc2sc(C)nc2c1. The lowest BCUT2D eigenvalue weighted by Crippen LogP contribution is -2.30. The molecule has 1 aromatic carbocycles. The van der Waals surface area contributed by atoms with Gasteiger partial charge in [0.05, 0.1) is 15.2 Å². The molecule has 2 aromatic rings. The number of benzene rings is 1. The number of carbonyl (C=O) groups is 1. The van der Waals surface area contributed by atoms with Crippen LogP contribution in [0.3, 0.4) is 0 Å². The Morgan fingerprint density at radius 2 is 2.06 bits per heavy atom. The van der Waals surface area contributed by atoms with Crippen LogP contribution in [-0.2, 0) is 0 Å². The number of rotatable bonds is 3. The monoisotopic (exact) mass is 248 g/mol. The lowest BCUT2D eigenvalue weighted by atomic mass is 10.2. The summed E-state index contributed by atoms with van der Waals surface area (Å²) in [7, 11) is 0. The molecule has 0 aliphatic rings. The summed E-state index contributed by atoms with van der Waals surface area (Å²) in [6.45, 7) is 7.45. The second kappa shape index (κ2) is 4.84. The molecule has 0 fully saturated rings. The minimum Gasteiger partial charge on any atom is -0.339 e. The van der Waals surface area contributed by atoms with Gasteiger partial charge >= 0.3 is 0 Å². The van der Waals surface area contributed by atoms with Crippen molar-refractivity contribution >= 4 is 27.5 Å². The van der Waals surface area contributed by atoms with Crippen LogP contribution in [0.4, 0.5) is 0 Å². The van der Waals surface area contributed by atoms with Crippen LogP contribution >= 0.6 is 11.3 Å². The number of fused-ring (bicyclic) bond motifs is 1. The molecule has 1 heterocycles. The molecule has 0 aliphatic carbocycles. The molecule has 2 rings (SSSR count). The Kier molecular flexibility index (Phi) is 3.43. The second-order valence-corrected chi connectivity index (χ2v) is 5.13. The van der Waals surface area contributed by atoms with Crippen molar-refractivity contribution < 1.29 is 4.79 Å². The molecular weight excluding hydrogens is 232 g/mol. The van der Waals surface area contributed by atoms with Gasteiger partial charge in [0.25, 0.3) is 5.91 Å². The van der Waals surface area contributed by atoms with E-state index in [-0.39, 0.29) is 5.91 Å². The van der Waals surface area contributed by atoms with E-state index in [1.165, 1.54) is 0 Å². The minimum atomic E-state index is 0.0857. The van der Waals surface area contributed by atoms with Crippen LogP contribution < -0.4 is 0 Å². The third-order valence-corrected chi connectivity index (χ3v) is 3.74. The van der Waals surface area contributed by atoms with Gasteiger partial charge in [0.15, 0.2) is 0 Å². The highest BCUT2D eigenvalue weighted by molar-refractivity contribution is 7.18. The van der Waals surface area contributed by atoms with E-state index in [1.807, 2.05) is 43.9 Å². The fourth-order valence-electron chi connectivity index (χ4n) is 1.87. The van der Waals surface area contributed by atoms with Crippen LogP contribution in [0.1, 0.15) is 29.2 Å². The molecule has 0 aliphatic heterocycles. The highest BCUT2D eigenvalue weighted by Crippen LogP contribution is 2.22. The first kappa shape index (κ1) is 12.0. The van der Waals surface area contributed by atoms with Gasteiger partial charge in [-0.05, 0) is 39.0 Å². The van der Waals surface area contributed by atoms with Crippen LogP contribution in [0.25, 0.3) is 10.2 Å². The topological polar surface area (TPSA) is 33.2 Å². The van der Waals surface area contributed by atoms with Gasteiger partial charge in [-0.3, -0.25) is 4.79 Å². The van der Waals surface area contributed by atoms with E-state index in [2.05, 4.69) is 4.98 Å². The van der Waals surface area contributed by atoms with Crippen molar-refractivity contribution in [3.8, 4) is 0 Å². The quantitative estimate of drug-likeness (QED) is 0.836. The zero-order chi connectivity index (χ0) is 12.4. The van der Waals surface area contributed by atoms with E-state index < -0.39 is 0 Å². The standard InChI is InChI=1S/C13H16N2OS/c1-4-15(5-2)13(16)10-6-7-12-11(8-10)14-9(3)17-12/h6-8H,4-5H2,1-3H3. The van der Waals surface area contributed by atoms with E-state index in [4.69, 9.17) is 0 Å². The van der Waals surface area contributed by atoms with Gasteiger partial charge in [-0.25, -0.2) is 4.98 Å². The number of nitrogens with zero attached hydrogens (tertiary/aromatic N) is 2. The first-order valence-corrected chi connectivity index (χ1v) is 6.63. The summed E-state index contributed by atoms with van der Waals surface area (Å²) in [6.07, 6.45) is 0. The summed E-state index contributed by atoms with van der Waals surface area (Å²) in [4.78, 5) is 18.4. The highest BCUT2D eigenvalue weighted by Gasteiger charge is 2.13. The Bertz CT molecular complexity index is 543. The van der Waals surface area contributed by atoms with Crippen LogP contribution in [0, 0.1) is 6.92 Å². The smallest absolute Gasteiger partial charge is 0.253 e. The second-order valence-electron chi connectivity index (χ2n) is 3.89. The maximum absolute atomic E-state index is 12.2. The molecule has 0 unspecified atom stereocenters. The molecule has 0 bridgehead atoms. The molecular formula is C13H16N2OS. The van der Waals surface area contributed by atoms with Gasteiger partial charge in [-0.2, -0.15) is 0 Å². The number of amides is 1. The fourth-order valence-corrected chi connectivity index (χ4v) is 2.68. The summed E-state index contributed by atoms with van der Waals surface area (Å²) in [6, 6.07) is 5.76. The molecule has 0 saturated carbocycles. The summed E-state index contributed by atoms with van der Waals surface area (Å²) in [5.74, 6) is 0.0857. The fraction of sp³-hybridized carbons (Fsp3) is 0.385. The van der Waals surface area contributed by atoms with Crippen molar-refractivity contribution in [3.05, 3.63) is 28.8 Å². The predicted molar refractivity (Wildman–Crippen MR) is 71.6 cm³/mol. The summed E-state index contributed by atoms with van der Waals surface area (Å²) < 4.78 is 1.14. The molecule has 1 amide bonds. The predicted octanol–water partition coefficient (Wildman–Crippen LogP) is 3.09. The maximum atomic E-state index is 12.2. The molecule has 17 heavy (non-hydrogen) atoms. The van der Waals surface area contributed by atoms with Crippen molar-refractivity contribution in [1.29, 1.82) is 0 Å². The number of aromatic nitrogens is 1. The average molecular weight is 248 g/mol. The van der Waals surface area contributed by atoms with Crippen LogP contribution in [0.15, 0.2) is 18.2 Å². The van der Waals surface area contributed by atoms with Gasteiger partial charge in [0.2, 0.25) is 0 Å². The zero-order valence-electron chi connectivity index (χ0n) is 10.4. The lowest BCUT2D eigenvalue weighted by Gasteiger charge is -2.18. The molecule has 0 spiro atoms. The van der Waals surface area contributed by atoms with Gasteiger partial charge < -0.3 is 4.90 Å². The zero-order valence-corrected chi connectivity index (χ0v) is 11.2. The molecule has 0 N–H and O–H groups in total. The van der Waals surface area contributed by atoms with Crippen molar-refractivity contribution in [1.82, 2.24) is 9.88 Å². The average Bonchev–Trinajstić information content (AvgIpc) is 2.69. The van der Waals surface area contributed by atoms with Gasteiger partial charge in [-0.15, -0.1) is 11.3 Å². The lowest BCUT2D eigenvalue weighted by molar-refractivity contribution is 0.0773. The Morgan fingerprint density at radius 3 is 2.71 bits per heavy atom. The number of hydrogen-bond acceptors (Lipinski definition) is 3. The summed E-state index contributed by atoms with van der Waals surface area (Å²) in [5, 5.41) is 1.03. The van der Waals surface area contributed by atoms with Crippen molar-refractivity contribution in [2.45, 2.75) is 20.8 Å². The van der Waals surface area contributed by atoms with Crippen LogP contribution in [-0.4, -0.2) is 28.9 Å². The first-order chi connectivity index (χ1) is 8.15. The molecule has 90 valence electrons. The number of carbonyl (C=O) groups excluding carboxylic acids is 1. The molecule has 1 aromatic heterocycles. The van der Waals surface area contributed by atoms with E-state index in [9.17, 15) is 4.79 Å². The van der Waals surface area contributed by atoms with E-state index in [0.29, 0.717) is 0 Å². The van der Waals surface area contributed by atoms with Crippen LogP contribution in [0.2, 0.25) is 0 Å². The Hall–Kier alpha value is -1.42. The van der Waals surface area contributed by atoms with E-state index >= 15 is 0 Å². The normalized spacial score (nSPS) is 10.8. The highest BCUT2D eigenvalue weighted by atomic mass is 32.1. The van der Waals surface area contributed by atoms with Crippen molar-refractivity contribution in [2.75, 3.05) is 13.1 Å². The number of thiazole rings is 1. The third kappa shape index (κ3) is 2.31. The third-order valence-electron chi connectivity index (χ3n) is 2.79. The molecule has 0 saturated heterocycles. The van der Waals surface area contributed by atoms with E-state index in [1.54, 1.807) is 11.3 Å². The first-order valence-electron chi connectivity index (χ1n) is 5.82. The summed E-state index contributed by atoms with van der Waals surface area (Å²) in [5.41, 5.74) is 1.65. The molecule has 0 radical (unpaired) electrons. The van der Waals surface area contributed by atoms with Gasteiger partial charge in [0.1, 0.15) is 0 Å². The largest absolute Gasteiger partial charge is 0.339 e. The van der Waals surface area contributed by atoms with Crippen LogP contribution in [0.5, 0.6) is 0 Å². The van der Waals surface area contributed by atoms with Gasteiger partial charge in [0, 0.05) is 18.7 Å². The maximum Gasteiger partial charge on any atom is 0.253 e. The molecule has 0 atom stereocenters. The van der Waals surface area contributed by atoms with Crippen molar-refractivity contribution in [3.63, 3.8) is 0 Å². The molecule has 3 nitrogen and oxygen atoms in total. The number of hydrogen-bond donors (Lipinski definition) is 0. The molecule has 4 heteroatoms. The Labute approximate surface area is 105 Å². The number of aryl methyl sites for hydroxylation is 1. The summed E-state index contributed by atoms with van der Waals surface area (Å²) >= 11 is 1.66.